The van der Waals surface area contributed by atoms with E-state index < -0.39 is 0 Å². The van der Waals surface area contributed by atoms with Gasteiger partial charge in [-0.15, -0.1) is 11.3 Å². The average Bonchev–Trinajstić information content (AvgIpc) is 2.65. The van der Waals surface area contributed by atoms with Gasteiger partial charge in [0.2, 0.25) is 0 Å². The molecule has 3 nitrogen and oxygen atoms in total. The lowest BCUT2D eigenvalue weighted by molar-refractivity contribution is 0.0930. The summed E-state index contributed by atoms with van der Waals surface area (Å²) in [5.41, 5.74) is 0. The lowest BCUT2D eigenvalue weighted by Gasteiger charge is -2.21. The number of hydrogen-bond acceptors (Lipinski definition) is 4. The predicted octanol–water partition coefficient (Wildman–Crippen LogP) is 2.47. The highest BCUT2D eigenvalue weighted by atomic mass is 32.1. The number of Topliss-reactive ketones (excluding diaryl/α,β-unsaturated/α-hetero) is 1. The lowest BCUT2D eigenvalue weighted by Crippen LogP contribution is -2.33. The number of aryl methyl sites for hydroxylation is 1. The topological polar surface area (TPSA) is 44.1 Å². The van der Waals surface area contributed by atoms with E-state index in [1.54, 1.807) is 0 Å². The van der Waals surface area contributed by atoms with E-state index in [2.05, 4.69) is 6.07 Å². The van der Waals surface area contributed by atoms with Crippen molar-refractivity contribution in [3.63, 3.8) is 0 Å². The minimum atomic E-state index is 0.120. The fourth-order valence-electron chi connectivity index (χ4n) is 1.33. The van der Waals surface area contributed by atoms with Crippen molar-refractivity contribution in [2.45, 2.75) is 26.3 Å². The largest absolute Gasteiger partial charge is 0.295 e. The van der Waals surface area contributed by atoms with Crippen LogP contribution in [-0.2, 0) is 0 Å². The Morgan fingerprint density at radius 1 is 1.62 bits per heavy atom. The Morgan fingerprint density at radius 2 is 2.31 bits per heavy atom. The summed E-state index contributed by atoms with van der Waals surface area (Å²) in [6.45, 7) is 4.32. The number of carbonyl (C=O) groups excluding carboxylic acids is 1. The normalized spacial score (nSPS) is 12.4. The van der Waals surface area contributed by atoms with Gasteiger partial charge >= 0.3 is 0 Å². The molecule has 0 aromatic carbocycles. The van der Waals surface area contributed by atoms with Crippen LogP contribution in [-0.4, -0.2) is 30.3 Å². The molecule has 0 amide bonds. The van der Waals surface area contributed by atoms with Gasteiger partial charge in [-0.05, 0) is 33.0 Å². The van der Waals surface area contributed by atoms with Crippen molar-refractivity contribution in [1.29, 1.82) is 5.26 Å². The third-order valence-electron chi connectivity index (χ3n) is 2.55. The van der Waals surface area contributed by atoms with Gasteiger partial charge in [-0.25, -0.2) is 0 Å². The second kappa shape index (κ2) is 5.78. The number of rotatable bonds is 5. The highest BCUT2D eigenvalue weighted by molar-refractivity contribution is 7.14. The molecule has 1 atom stereocenters. The number of thiophene rings is 1. The summed E-state index contributed by atoms with van der Waals surface area (Å²) in [7, 11) is 1.88. The van der Waals surface area contributed by atoms with Gasteiger partial charge in [0.25, 0.3) is 0 Å². The maximum Gasteiger partial charge on any atom is 0.186 e. The molecule has 0 saturated carbocycles. The van der Waals surface area contributed by atoms with Gasteiger partial charge in [0.05, 0.1) is 23.9 Å². The van der Waals surface area contributed by atoms with Gasteiger partial charge < -0.3 is 0 Å². The molecule has 0 radical (unpaired) electrons. The van der Waals surface area contributed by atoms with Gasteiger partial charge in [0.1, 0.15) is 0 Å². The van der Waals surface area contributed by atoms with Crippen LogP contribution >= 0.6 is 11.3 Å². The first-order valence-electron chi connectivity index (χ1n) is 5.21. The molecule has 86 valence electrons. The molecule has 1 aromatic rings. The zero-order chi connectivity index (χ0) is 12.1. The molecule has 0 saturated heterocycles. The Labute approximate surface area is 100 Å². The summed E-state index contributed by atoms with van der Waals surface area (Å²) >= 11 is 1.52. The van der Waals surface area contributed by atoms with Crippen LogP contribution in [0.15, 0.2) is 12.1 Å². The number of nitriles is 1. The molecule has 4 heteroatoms. The van der Waals surface area contributed by atoms with E-state index in [4.69, 9.17) is 5.26 Å². The highest BCUT2D eigenvalue weighted by Gasteiger charge is 2.15. The standard InChI is InChI=1S/C12H16N2OS/c1-9(6-7-13)14(3)8-11(15)12-5-4-10(2)16-12/h4-5,9H,6,8H2,1-3H3. The van der Waals surface area contributed by atoms with Crippen LogP contribution < -0.4 is 0 Å². The van der Waals surface area contributed by atoms with Crippen LogP contribution in [0.1, 0.15) is 27.9 Å². The zero-order valence-corrected chi connectivity index (χ0v) is 10.7. The van der Waals surface area contributed by atoms with Crippen molar-refractivity contribution in [3.8, 4) is 6.07 Å². The molecular weight excluding hydrogens is 220 g/mol. The van der Waals surface area contributed by atoms with Crippen molar-refractivity contribution < 1.29 is 4.79 Å². The Hall–Kier alpha value is -1.18. The van der Waals surface area contributed by atoms with Crippen LogP contribution in [0.3, 0.4) is 0 Å². The quantitative estimate of drug-likeness (QED) is 0.738. The third kappa shape index (κ3) is 3.44. The molecule has 0 aliphatic rings. The molecule has 0 N–H and O–H groups in total. The van der Waals surface area contributed by atoms with Crippen LogP contribution in [0.25, 0.3) is 0 Å². The SMILES string of the molecule is Cc1ccc(C(=O)CN(C)C(C)CC#N)s1. The highest BCUT2D eigenvalue weighted by Crippen LogP contribution is 2.16. The van der Waals surface area contributed by atoms with Crippen molar-refractivity contribution in [2.24, 2.45) is 0 Å². The second-order valence-electron chi connectivity index (χ2n) is 3.96. The predicted molar refractivity (Wildman–Crippen MR) is 65.7 cm³/mol. The van der Waals surface area contributed by atoms with Gasteiger partial charge in [-0.2, -0.15) is 5.26 Å². The third-order valence-corrected chi connectivity index (χ3v) is 3.59. The molecule has 1 unspecified atom stereocenters. The van der Waals surface area contributed by atoms with E-state index in [-0.39, 0.29) is 11.8 Å². The maximum absolute atomic E-state index is 11.9. The number of hydrogen-bond donors (Lipinski definition) is 0. The summed E-state index contributed by atoms with van der Waals surface area (Å²) in [4.78, 5) is 15.7. The first kappa shape index (κ1) is 12.9. The van der Waals surface area contributed by atoms with Crippen molar-refractivity contribution in [2.75, 3.05) is 13.6 Å². The maximum atomic E-state index is 11.9. The van der Waals surface area contributed by atoms with Crippen molar-refractivity contribution >= 4 is 17.1 Å². The van der Waals surface area contributed by atoms with Gasteiger partial charge in [-0.3, -0.25) is 9.69 Å². The second-order valence-corrected chi connectivity index (χ2v) is 5.25. The number of carbonyl (C=O) groups is 1. The molecule has 0 aliphatic heterocycles. The lowest BCUT2D eigenvalue weighted by atomic mass is 10.2. The Morgan fingerprint density at radius 3 is 2.81 bits per heavy atom. The Kier molecular flexibility index (Phi) is 4.66. The first-order chi connectivity index (χ1) is 7.54. The molecule has 1 rings (SSSR count). The minimum Gasteiger partial charge on any atom is -0.295 e. The van der Waals surface area contributed by atoms with Crippen molar-refractivity contribution in [3.05, 3.63) is 21.9 Å². The number of likely N-dealkylation sites (N-methyl/N-ethyl adjacent to an activating group) is 1. The average molecular weight is 236 g/mol. The van der Waals surface area contributed by atoms with Gasteiger partial charge in [0.15, 0.2) is 5.78 Å². The van der Waals surface area contributed by atoms with E-state index in [9.17, 15) is 4.79 Å². The number of nitrogens with zero attached hydrogens (tertiary/aromatic N) is 2. The van der Waals surface area contributed by atoms with E-state index in [0.717, 1.165) is 9.75 Å². The van der Waals surface area contributed by atoms with Crippen LogP contribution in [0, 0.1) is 18.3 Å². The van der Waals surface area contributed by atoms with Crippen molar-refractivity contribution in [1.82, 2.24) is 4.90 Å². The van der Waals surface area contributed by atoms with E-state index in [1.165, 1.54) is 11.3 Å². The molecule has 0 fully saturated rings. The summed E-state index contributed by atoms with van der Waals surface area (Å²) in [5, 5.41) is 8.58. The molecule has 1 aromatic heterocycles. The van der Waals surface area contributed by atoms with Gasteiger partial charge in [-0.1, -0.05) is 0 Å². The van der Waals surface area contributed by atoms with E-state index in [1.807, 2.05) is 37.9 Å². The number of ketones is 1. The van der Waals surface area contributed by atoms with Crippen LogP contribution in [0.2, 0.25) is 0 Å². The van der Waals surface area contributed by atoms with E-state index in [0.29, 0.717) is 13.0 Å². The fraction of sp³-hybridized carbons (Fsp3) is 0.500. The van der Waals surface area contributed by atoms with Crippen LogP contribution in [0.4, 0.5) is 0 Å². The Balaban J connectivity index is 2.55. The summed E-state index contributed by atoms with van der Waals surface area (Å²) in [6.07, 6.45) is 0.452. The molecule has 0 spiro atoms. The molecule has 0 aliphatic carbocycles. The van der Waals surface area contributed by atoms with Crippen LogP contribution in [0.5, 0.6) is 0 Å². The monoisotopic (exact) mass is 236 g/mol. The summed E-state index contributed by atoms with van der Waals surface area (Å²) in [5.74, 6) is 0.130. The summed E-state index contributed by atoms with van der Waals surface area (Å²) < 4.78 is 0. The first-order valence-corrected chi connectivity index (χ1v) is 6.03. The van der Waals surface area contributed by atoms with Gasteiger partial charge in [0, 0.05) is 10.9 Å². The van der Waals surface area contributed by atoms with E-state index >= 15 is 0 Å². The fourth-order valence-corrected chi connectivity index (χ4v) is 2.13. The Bertz CT molecular complexity index is 405. The molecule has 16 heavy (non-hydrogen) atoms. The molecule has 0 bridgehead atoms. The molecular formula is C12H16N2OS. The smallest absolute Gasteiger partial charge is 0.186 e. The zero-order valence-electron chi connectivity index (χ0n) is 9.86. The summed E-state index contributed by atoms with van der Waals surface area (Å²) in [6, 6.07) is 6.06. The minimum absolute atomic E-state index is 0.120. The molecule has 1 heterocycles.